The Morgan fingerprint density at radius 1 is 1.32 bits per heavy atom. The smallest absolute Gasteiger partial charge is 0.251 e. The van der Waals surface area contributed by atoms with Gasteiger partial charge in [0, 0.05) is 31.9 Å². The van der Waals surface area contributed by atoms with E-state index < -0.39 is 6.17 Å². The summed E-state index contributed by atoms with van der Waals surface area (Å²) in [5, 5.41) is 9.22. The fraction of sp³-hybridized carbons (Fsp3) is 0.357. The number of halogens is 1. The lowest BCUT2D eigenvalue weighted by atomic mass is 10.0. The molecule has 37 heavy (non-hydrogen) atoms. The molecule has 3 heterocycles. The molecule has 0 radical (unpaired) electrons. The lowest BCUT2D eigenvalue weighted by Crippen LogP contribution is -2.46. The van der Waals surface area contributed by atoms with Gasteiger partial charge in [-0.25, -0.2) is 9.37 Å². The van der Waals surface area contributed by atoms with Gasteiger partial charge in [0.05, 0.1) is 36.8 Å². The number of piperidine rings is 1. The minimum atomic E-state index is -0.947. The number of aromatic nitrogens is 2. The first-order valence-electron chi connectivity index (χ1n) is 12.3. The van der Waals surface area contributed by atoms with Gasteiger partial charge in [0.1, 0.15) is 17.6 Å². The van der Waals surface area contributed by atoms with Gasteiger partial charge in [-0.3, -0.25) is 9.20 Å². The zero-order chi connectivity index (χ0) is 26.4. The van der Waals surface area contributed by atoms with Crippen molar-refractivity contribution >= 4 is 29.0 Å². The summed E-state index contributed by atoms with van der Waals surface area (Å²) in [6.07, 6.45) is 5.63. The Kier molecular flexibility index (Phi) is 8.31. The number of nitrogens with one attached hydrogen (secondary N) is 3. The number of allylic oxidation sites excluding steroid dienone is 1. The first kappa shape index (κ1) is 26.0. The lowest BCUT2D eigenvalue weighted by Gasteiger charge is -2.33. The summed E-state index contributed by atoms with van der Waals surface area (Å²) in [6, 6.07) is 8.81. The number of alkyl halides is 1. The van der Waals surface area contributed by atoms with Gasteiger partial charge in [-0.1, -0.05) is 12.0 Å². The van der Waals surface area contributed by atoms with Crippen molar-refractivity contribution in [3.05, 3.63) is 59.6 Å². The Morgan fingerprint density at radius 2 is 2.16 bits per heavy atom. The fourth-order valence-electron chi connectivity index (χ4n) is 4.42. The first-order valence-corrected chi connectivity index (χ1v) is 12.3. The van der Waals surface area contributed by atoms with E-state index in [9.17, 15) is 9.18 Å². The summed E-state index contributed by atoms with van der Waals surface area (Å²) < 4.78 is 22.1. The number of amides is 1. The van der Waals surface area contributed by atoms with Crippen LogP contribution in [0.3, 0.4) is 0 Å². The van der Waals surface area contributed by atoms with Crippen molar-refractivity contribution in [1.29, 1.82) is 0 Å². The largest absolute Gasteiger partial charge is 0.495 e. The van der Waals surface area contributed by atoms with Crippen molar-refractivity contribution in [2.75, 3.05) is 51.5 Å². The van der Waals surface area contributed by atoms with Crippen LogP contribution in [0.1, 0.15) is 35.1 Å². The van der Waals surface area contributed by atoms with Crippen LogP contribution in [-0.4, -0.2) is 73.2 Å². The number of hydrogen-bond donors (Lipinski definition) is 3. The molecule has 1 fully saturated rings. The number of anilines is 2. The average Bonchev–Trinajstić information content (AvgIpc) is 3.26. The van der Waals surface area contributed by atoms with E-state index in [0.29, 0.717) is 35.7 Å². The second-order valence-corrected chi connectivity index (χ2v) is 8.93. The molecule has 3 aromatic rings. The predicted molar refractivity (Wildman–Crippen MR) is 146 cm³/mol. The van der Waals surface area contributed by atoms with E-state index >= 15 is 0 Å². The molecule has 1 amide bonds. The minimum absolute atomic E-state index is 0.181. The molecule has 4 rings (SSSR count). The zero-order valence-electron chi connectivity index (χ0n) is 21.6. The predicted octanol–water partition coefficient (Wildman–Crippen LogP) is 3.65. The van der Waals surface area contributed by atoms with Gasteiger partial charge in [0.15, 0.2) is 5.65 Å². The topological polar surface area (TPSA) is 82.9 Å². The number of carbonyl (C=O) groups is 1. The summed E-state index contributed by atoms with van der Waals surface area (Å²) >= 11 is 0. The molecule has 194 valence electrons. The lowest BCUT2D eigenvalue weighted by molar-refractivity contribution is 0.0962. The van der Waals surface area contributed by atoms with E-state index in [2.05, 4.69) is 27.8 Å². The van der Waals surface area contributed by atoms with Crippen molar-refractivity contribution in [2.24, 2.45) is 0 Å². The van der Waals surface area contributed by atoms with Gasteiger partial charge in [0.25, 0.3) is 5.91 Å². The van der Waals surface area contributed by atoms with Gasteiger partial charge >= 0.3 is 0 Å². The van der Waals surface area contributed by atoms with Gasteiger partial charge in [-0.2, -0.15) is 0 Å². The number of benzene rings is 1. The highest BCUT2D eigenvalue weighted by atomic mass is 19.1. The normalized spacial score (nSPS) is 17.9. The number of methoxy groups -OCH3 is 1. The van der Waals surface area contributed by atoms with Crippen LogP contribution in [0.5, 0.6) is 5.75 Å². The number of nitrogens with zero attached hydrogens (tertiary/aromatic N) is 3. The average molecular weight is 505 g/mol. The number of pyridine rings is 1. The van der Waals surface area contributed by atoms with E-state index in [1.54, 1.807) is 32.4 Å². The number of imidazole rings is 1. The van der Waals surface area contributed by atoms with E-state index in [0.717, 1.165) is 30.0 Å². The van der Waals surface area contributed by atoms with Crippen LogP contribution in [0.15, 0.2) is 42.6 Å². The van der Waals surface area contributed by atoms with Crippen LogP contribution in [0.25, 0.3) is 11.7 Å². The van der Waals surface area contributed by atoms with Crippen LogP contribution in [0.4, 0.5) is 15.8 Å². The molecule has 1 aliphatic heterocycles. The summed E-state index contributed by atoms with van der Waals surface area (Å²) in [5.74, 6) is 6.68. The molecule has 1 aromatic carbocycles. The van der Waals surface area contributed by atoms with Crippen LogP contribution < -0.4 is 20.7 Å². The Morgan fingerprint density at radius 3 is 2.89 bits per heavy atom. The minimum Gasteiger partial charge on any atom is -0.495 e. The molecule has 0 spiro atoms. The number of fused-ring (bicyclic) bond motifs is 1. The van der Waals surface area contributed by atoms with E-state index in [1.807, 2.05) is 53.8 Å². The second kappa shape index (κ2) is 11.8. The van der Waals surface area contributed by atoms with Crippen molar-refractivity contribution < 1.29 is 13.9 Å². The zero-order valence-corrected chi connectivity index (χ0v) is 21.6. The van der Waals surface area contributed by atoms with Gasteiger partial charge in [-0.15, -0.1) is 0 Å². The molecule has 1 saturated heterocycles. The molecule has 2 atom stereocenters. The Hall–Kier alpha value is -4.03. The third-order valence-electron chi connectivity index (χ3n) is 6.36. The van der Waals surface area contributed by atoms with Crippen LogP contribution in [-0.2, 0) is 0 Å². The maximum atomic E-state index is 14.7. The van der Waals surface area contributed by atoms with E-state index in [1.165, 1.54) is 0 Å². The van der Waals surface area contributed by atoms with Gasteiger partial charge in [-0.05, 0) is 62.7 Å². The quantitative estimate of drug-likeness (QED) is 0.426. The van der Waals surface area contributed by atoms with Gasteiger partial charge in [0.2, 0.25) is 0 Å². The van der Waals surface area contributed by atoms with Crippen molar-refractivity contribution in [2.45, 2.75) is 25.6 Å². The van der Waals surface area contributed by atoms with E-state index in [4.69, 9.17) is 9.72 Å². The third kappa shape index (κ3) is 5.87. The molecule has 0 bridgehead atoms. The fourth-order valence-corrected chi connectivity index (χ4v) is 4.42. The molecule has 0 aliphatic carbocycles. The SMILES string of the molecule is C/C=C/c1c(C#CCNc2ccc(C(=O)NC)cc2OC)nc2c(N[C@@H]3CCN(C)C[C@@H]3F)cccn12. The monoisotopic (exact) mass is 504 g/mol. The molecule has 8 nitrogen and oxygen atoms in total. The van der Waals surface area contributed by atoms with Crippen molar-refractivity contribution in [3.63, 3.8) is 0 Å². The summed E-state index contributed by atoms with van der Waals surface area (Å²) in [4.78, 5) is 18.7. The number of likely N-dealkylation sites (tertiary alicyclic amines) is 1. The summed E-state index contributed by atoms with van der Waals surface area (Å²) in [5.41, 5.74) is 4.25. The van der Waals surface area contributed by atoms with Crippen molar-refractivity contribution in [1.82, 2.24) is 19.6 Å². The highest BCUT2D eigenvalue weighted by Gasteiger charge is 2.28. The Bertz CT molecular complexity index is 1360. The number of ether oxygens (including phenoxy) is 1. The van der Waals surface area contributed by atoms with Crippen LogP contribution >= 0.6 is 0 Å². The maximum Gasteiger partial charge on any atom is 0.251 e. The molecular formula is C28H33FN6O2. The van der Waals surface area contributed by atoms with Crippen molar-refractivity contribution in [3.8, 4) is 17.6 Å². The molecule has 3 N–H and O–H groups in total. The second-order valence-electron chi connectivity index (χ2n) is 8.93. The first-order chi connectivity index (χ1) is 17.9. The number of carbonyl (C=O) groups excluding carboxylic acids is 1. The highest BCUT2D eigenvalue weighted by Crippen LogP contribution is 2.26. The summed E-state index contributed by atoms with van der Waals surface area (Å²) in [6.45, 7) is 3.56. The molecular weight excluding hydrogens is 471 g/mol. The summed E-state index contributed by atoms with van der Waals surface area (Å²) in [7, 11) is 5.09. The molecule has 9 heteroatoms. The maximum absolute atomic E-state index is 14.7. The molecule has 0 saturated carbocycles. The molecule has 1 aliphatic rings. The Labute approximate surface area is 216 Å². The van der Waals surface area contributed by atoms with E-state index in [-0.39, 0.29) is 11.9 Å². The molecule has 0 unspecified atom stereocenters. The van der Waals surface area contributed by atoms with Gasteiger partial charge < -0.3 is 25.6 Å². The van der Waals surface area contributed by atoms with Crippen LogP contribution in [0.2, 0.25) is 0 Å². The number of rotatable bonds is 7. The molecule has 2 aromatic heterocycles. The Balaban J connectivity index is 1.55. The third-order valence-corrected chi connectivity index (χ3v) is 6.36. The number of hydrogen-bond acceptors (Lipinski definition) is 6. The highest BCUT2D eigenvalue weighted by molar-refractivity contribution is 5.95. The van der Waals surface area contributed by atoms with Crippen LogP contribution in [0, 0.1) is 11.8 Å². The standard InChI is InChI=1S/C28H33FN6O2/c1-5-8-25-22(9-6-14-31-23-12-11-19(28(36)30-2)17-26(23)37-4)33-27-24(10-7-15-35(25)27)32-21-13-16-34(3)18-20(21)29/h5,7-8,10-12,15,17,20-21,31-32H,13-14,16,18H2,1-4H3,(H,30,36)/b8-5+/t20-,21+/m0/s1.